The molecule has 1 aromatic carbocycles. The number of halogens is 1. The van der Waals surface area contributed by atoms with Gasteiger partial charge >= 0.3 is 0 Å². The fourth-order valence-electron chi connectivity index (χ4n) is 4.74. The van der Waals surface area contributed by atoms with Crippen LogP contribution in [0, 0.1) is 0 Å². The number of nitrogens with zero attached hydrogens (tertiary/aromatic N) is 3. The summed E-state index contributed by atoms with van der Waals surface area (Å²) in [6.45, 7) is 5.03. The summed E-state index contributed by atoms with van der Waals surface area (Å²) in [4.78, 5) is 19.4. The molecule has 30 heavy (non-hydrogen) atoms. The molecule has 0 unspecified atom stereocenters. The van der Waals surface area contributed by atoms with Gasteiger partial charge in [0.1, 0.15) is 0 Å². The Morgan fingerprint density at radius 3 is 2.63 bits per heavy atom. The lowest BCUT2D eigenvalue weighted by Crippen LogP contribution is -2.39. The smallest absolute Gasteiger partial charge is 0.259 e. The average Bonchev–Trinajstić information content (AvgIpc) is 3.41. The highest BCUT2D eigenvalue weighted by atomic mass is 35.5. The molecule has 2 aromatic rings. The highest BCUT2D eigenvalue weighted by Crippen LogP contribution is 2.43. The van der Waals surface area contributed by atoms with Crippen molar-refractivity contribution >= 4 is 33.2 Å². The van der Waals surface area contributed by atoms with Crippen LogP contribution in [0.2, 0.25) is 5.02 Å². The van der Waals surface area contributed by atoms with Crippen molar-refractivity contribution in [2.24, 2.45) is 0 Å². The van der Waals surface area contributed by atoms with Gasteiger partial charge in [0, 0.05) is 35.8 Å². The van der Waals surface area contributed by atoms with Crippen LogP contribution >= 0.6 is 11.6 Å². The molecule has 5 rings (SSSR count). The first-order valence-electron chi connectivity index (χ1n) is 10.3. The van der Waals surface area contributed by atoms with Crippen molar-refractivity contribution in [1.82, 2.24) is 9.29 Å². The van der Waals surface area contributed by atoms with Crippen molar-refractivity contribution < 1.29 is 13.2 Å². The van der Waals surface area contributed by atoms with Gasteiger partial charge in [-0.3, -0.25) is 14.7 Å². The Balaban J connectivity index is 1.44. The van der Waals surface area contributed by atoms with Crippen LogP contribution in [0.15, 0.2) is 36.7 Å². The van der Waals surface area contributed by atoms with E-state index in [1.807, 2.05) is 26.0 Å². The molecule has 1 atom stereocenters. The van der Waals surface area contributed by atoms with Crippen LogP contribution < -0.4 is 4.90 Å². The van der Waals surface area contributed by atoms with Crippen LogP contribution in [0.25, 0.3) is 0 Å². The summed E-state index contributed by atoms with van der Waals surface area (Å²) in [5, 5.41) is 0.417. The number of carbonyl (C=O) groups excluding carboxylic acids is 1. The molecule has 2 aliphatic heterocycles. The number of hydrogen-bond acceptors (Lipinski definition) is 4. The molecule has 3 heterocycles. The van der Waals surface area contributed by atoms with Gasteiger partial charge in [0.15, 0.2) is 0 Å². The van der Waals surface area contributed by atoms with E-state index < -0.39 is 15.6 Å². The lowest BCUT2D eigenvalue weighted by molar-refractivity contribution is 0.0982. The molecule has 3 aliphatic rings. The number of aromatic nitrogens is 1. The Bertz CT molecular complexity index is 1140. The van der Waals surface area contributed by atoms with Crippen LogP contribution in [-0.2, 0) is 15.6 Å². The first-order chi connectivity index (χ1) is 14.2. The predicted molar refractivity (Wildman–Crippen MR) is 116 cm³/mol. The monoisotopic (exact) mass is 445 g/mol. The second-order valence-corrected chi connectivity index (χ2v) is 11.6. The Hall–Kier alpha value is -1.96. The molecule has 1 aromatic heterocycles. The minimum atomic E-state index is -3.16. The quantitative estimate of drug-likeness (QED) is 0.715. The van der Waals surface area contributed by atoms with Crippen molar-refractivity contribution in [2.45, 2.75) is 49.8 Å². The number of pyridine rings is 1. The molecule has 0 radical (unpaired) electrons. The SMILES string of the molecule is CC1(C)c2cc(Cl)ccc2C(=O)N1c1cncc([C@H]2CCN(S(=O)(=O)C3CC3)C2)c1. The van der Waals surface area contributed by atoms with Gasteiger partial charge in [0.25, 0.3) is 5.91 Å². The summed E-state index contributed by atoms with van der Waals surface area (Å²) in [5.41, 5.74) is 2.68. The fourth-order valence-corrected chi connectivity index (χ4v) is 6.82. The lowest BCUT2D eigenvalue weighted by Gasteiger charge is -2.32. The van der Waals surface area contributed by atoms with E-state index in [9.17, 15) is 13.2 Å². The maximum absolute atomic E-state index is 13.2. The second kappa shape index (κ2) is 6.77. The number of rotatable bonds is 4. The van der Waals surface area contributed by atoms with E-state index in [0.29, 0.717) is 23.7 Å². The third kappa shape index (κ3) is 3.06. The molecule has 1 saturated heterocycles. The van der Waals surface area contributed by atoms with E-state index in [-0.39, 0.29) is 17.1 Å². The number of sulfonamides is 1. The molecule has 8 heteroatoms. The van der Waals surface area contributed by atoms with Crippen molar-refractivity contribution in [3.05, 3.63) is 58.4 Å². The van der Waals surface area contributed by atoms with E-state index in [0.717, 1.165) is 36.1 Å². The van der Waals surface area contributed by atoms with E-state index in [4.69, 9.17) is 11.6 Å². The number of benzene rings is 1. The molecule has 0 spiro atoms. The maximum atomic E-state index is 13.2. The Kier molecular flexibility index (Phi) is 4.51. The highest BCUT2D eigenvalue weighted by molar-refractivity contribution is 7.90. The van der Waals surface area contributed by atoms with Crippen LogP contribution in [0.1, 0.15) is 60.5 Å². The standard InChI is InChI=1S/C22H24ClN3O3S/c1-22(2)20-10-16(23)3-6-19(20)21(27)26(22)17-9-15(11-24-12-17)14-7-8-25(13-14)30(28,29)18-4-5-18/h3,6,9-12,14,18H,4-5,7-8,13H2,1-2H3/t14-/m0/s1. The normalized spacial score (nSPS) is 23.8. The molecule has 2 fully saturated rings. The van der Waals surface area contributed by atoms with Crippen LogP contribution in [0.4, 0.5) is 5.69 Å². The Morgan fingerprint density at radius 2 is 1.90 bits per heavy atom. The van der Waals surface area contributed by atoms with Gasteiger partial charge in [-0.1, -0.05) is 11.6 Å². The number of carbonyl (C=O) groups is 1. The molecule has 0 bridgehead atoms. The van der Waals surface area contributed by atoms with Gasteiger partial charge in [0.05, 0.1) is 22.7 Å². The van der Waals surface area contributed by atoms with Gasteiger partial charge in [-0.05, 0) is 68.5 Å². The summed E-state index contributed by atoms with van der Waals surface area (Å²) in [6.07, 6.45) is 5.81. The van der Waals surface area contributed by atoms with Gasteiger partial charge in [-0.2, -0.15) is 0 Å². The van der Waals surface area contributed by atoms with Crippen molar-refractivity contribution in [3.8, 4) is 0 Å². The van der Waals surface area contributed by atoms with Crippen LogP contribution in [-0.4, -0.2) is 42.0 Å². The third-order valence-electron chi connectivity index (χ3n) is 6.56. The fraction of sp³-hybridized carbons (Fsp3) is 0.455. The predicted octanol–water partition coefficient (Wildman–Crippen LogP) is 3.91. The average molecular weight is 446 g/mol. The summed E-state index contributed by atoms with van der Waals surface area (Å²) >= 11 is 6.18. The van der Waals surface area contributed by atoms with Gasteiger partial charge < -0.3 is 0 Å². The molecular weight excluding hydrogens is 422 g/mol. The van der Waals surface area contributed by atoms with Crippen molar-refractivity contribution in [1.29, 1.82) is 0 Å². The third-order valence-corrected chi connectivity index (χ3v) is 9.16. The van der Waals surface area contributed by atoms with Gasteiger partial charge in [-0.15, -0.1) is 0 Å². The van der Waals surface area contributed by atoms with Crippen molar-refractivity contribution in [2.75, 3.05) is 18.0 Å². The molecule has 0 N–H and O–H groups in total. The maximum Gasteiger partial charge on any atom is 0.259 e. The molecule has 1 amide bonds. The second-order valence-electron chi connectivity index (χ2n) is 8.95. The van der Waals surface area contributed by atoms with Crippen molar-refractivity contribution in [3.63, 3.8) is 0 Å². The topological polar surface area (TPSA) is 70.6 Å². The summed E-state index contributed by atoms with van der Waals surface area (Å²) in [6, 6.07) is 7.35. The van der Waals surface area contributed by atoms with Gasteiger partial charge in [-0.25, -0.2) is 12.7 Å². The number of amides is 1. The molecule has 1 aliphatic carbocycles. The molecule has 158 valence electrons. The zero-order valence-electron chi connectivity index (χ0n) is 17.0. The summed E-state index contributed by atoms with van der Waals surface area (Å²) in [7, 11) is -3.16. The minimum absolute atomic E-state index is 0.0741. The Labute approximate surface area is 181 Å². The van der Waals surface area contributed by atoms with Crippen LogP contribution in [0.5, 0.6) is 0 Å². The summed E-state index contributed by atoms with van der Waals surface area (Å²) in [5.74, 6) is 0.0126. The first-order valence-corrected chi connectivity index (χ1v) is 12.2. The molecule has 1 saturated carbocycles. The van der Waals surface area contributed by atoms with E-state index in [1.165, 1.54) is 0 Å². The highest BCUT2D eigenvalue weighted by Gasteiger charge is 2.45. The zero-order valence-corrected chi connectivity index (χ0v) is 18.6. The van der Waals surface area contributed by atoms with Crippen LogP contribution in [0.3, 0.4) is 0 Å². The zero-order chi connectivity index (χ0) is 21.3. The first kappa shape index (κ1) is 20.0. The van der Waals surface area contributed by atoms with E-state index >= 15 is 0 Å². The number of anilines is 1. The number of hydrogen-bond donors (Lipinski definition) is 0. The van der Waals surface area contributed by atoms with Gasteiger partial charge in [0.2, 0.25) is 10.0 Å². The molecule has 6 nitrogen and oxygen atoms in total. The largest absolute Gasteiger partial charge is 0.297 e. The minimum Gasteiger partial charge on any atom is -0.297 e. The lowest BCUT2D eigenvalue weighted by atomic mass is 9.93. The number of fused-ring (bicyclic) bond motifs is 1. The van der Waals surface area contributed by atoms with E-state index in [2.05, 4.69) is 4.98 Å². The Morgan fingerprint density at radius 1 is 1.13 bits per heavy atom. The molecular formula is C22H24ClN3O3S. The summed E-state index contributed by atoms with van der Waals surface area (Å²) < 4.78 is 26.8. The van der Waals surface area contributed by atoms with E-state index in [1.54, 1.807) is 33.7 Å².